The molecule has 0 spiro atoms. The van der Waals surface area contributed by atoms with Gasteiger partial charge in [-0.2, -0.15) is 0 Å². The Balaban J connectivity index is 1.37. The Kier molecular flexibility index (Phi) is 6.24. The van der Waals surface area contributed by atoms with Crippen LogP contribution in [-0.2, 0) is 4.79 Å². The molecule has 3 aromatic carbocycles. The number of carbonyl (C=O) groups excluding carboxylic acids is 2. The number of nitrogens with one attached hydrogen (secondary N) is 2. The van der Waals surface area contributed by atoms with Crippen molar-refractivity contribution in [1.29, 1.82) is 0 Å². The molecule has 1 unspecified atom stereocenters. The first kappa shape index (κ1) is 20.2. The molecule has 5 nitrogen and oxygen atoms in total. The Bertz CT molecular complexity index is 1120. The predicted molar refractivity (Wildman–Crippen MR) is 119 cm³/mol. The third-order valence-electron chi connectivity index (χ3n) is 4.93. The molecule has 0 bridgehead atoms. The average Bonchev–Trinajstić information content (AvgIpc) is 3.37. The van der Waals surface area contributed by atoms with Gasteiger partial charge in [0.2, 0.25) is 5.91 Å². The largest absolute Gasteiger partial charge is 0.467 e. The zero-order chi connectivity index (χ0) is 21.5. The molecular weight excluding hydrogens is 388 g/mol. The molecule has 1 atom stereocenters. The molecule has 1 aromatic heterocycles. The van der Waals surface area contributed by atoms with E-state index in [1.165, 1.54) is 0 Å². The van der Waals surface area contributed by atoms with Gasteiger partial charge in [-0.1, -0.05) is 72.8 Å². The van der Waals surface area contributed by atoms with Crippen LogP contribution in [0, 0.1) is 0 Å². The molecule has 154 valence electrons. The lowest BCUT2D eigenvalue weighted by molar-refractivity contribution is -0.120. The van der Waals surface area contributed by atoms with Gasteiger partial charge in [0.05, 0.1) is 12.8 Å². The highest BCUT2D eigenvalue weighted by Crippen LogP contribution is 2.22. The van der Waals surface area contributed by atoms with E-state index in [-0.39, 0.29) is 18.4 Å². The highest BCUT2D eigenvalue weighted by molar-refractivity contribution is 5.96. The molecule has 4 aromatic rings. The second-order valence-electron chi connectivity index (χ2n) is 7.05. The van der Waals surface area contributed by atoms with Crippen LogP contribution in [0.1, 0.15) is 27.7 Å². The topological polar surface area (TPSA) is 71.3 Å². The minimum absolute atomic E-state index is 0.136. The van der Waals surface area contributed by atoms with Gasteiger partial charge < -0.3 is 15.1 Å². The highest BCUT2D eigenvalue weighted by atomic mass is 16.3. The van der Waals surface area contributed by atoms with Crippen molar-refractivity contribution in [3.63, 3.8) is 0 Å². The van der Waals surface area contributed by atoms with Crippen LogP contribution in [0.3, 0.4) is 0 Å². The second-order valence-corrected chi connectivity index (χ2v) is 7.05. The fraction of sp³-hybridized carbons (Fsp3) is 0.0769. The molecule has 2 N–H and O–H groups in total. The van der Waals surface area contributed by atoms with E-state index in [4.69, 9.17) is 4.42 Å². The summed E-state index contributed by atoms with van der Waals surface area (Å²) in [6, 6.07) is 29.9. The fourth-order valence-corrected chi connectivity index (χ4v) is 3.34. The van der Waals surface area contributed by atoms with Crippen molar-refractivity contribution in [2.45, 2.75) is 6.04 Å². The first-order valence-electron chi connectivity index (χ1n) is 10.0. The molecule has 0 aliphatic carbocycles. The van der Waals surface area contributed by atoms with Gasteiger partial charge in [-0.05, 0) is 41.0 Å². The molecule has 0 aliphatic rings. The zero-order valence-electron chi connectivity index (χ0n) is 16.8. The highest BCUT2D eigenvalue weighted by Gasteiger charge is 2.19. The summed E-state index contributed by atoms with van der Waals surface area (Å²) >= 11 is 0. The van der Waals surface area contributed by atoms with Gasteiger partial charge >= 0.3 is 0 Å². The van der Waals surface area contributed by atoms with E-state index in [1.807, 2.05) is 78.9 Å². The molecule has 0 saturated heterocycles. The van der Waals surface area contributed by atoms with Crippen molar-refractivity contribution < 1.29 is 14.0 Å². The Hall–Kier alpha value is -4.12. The van der Waals surface area contributed by atoms with Gasteiger partial charge in [0.1, 0.15) is 11.8 Å². The van der Waals surface area contributed by atoms with Gasteiger partial charge in [-0.15, -0.1) is 0 Å². The van der Waals surface area contributed by atoms with Crippen LogP contribution in [0.4, 0.5) is 0 Å². The molecule has 31 heavy (non-hydrogen) atoms. The molecule has 0 saturated carbocycles. The summed E-state index contributed by atoms with van der Waals surface area (Å²) in [5, 5.41) is 5.60. The number of amides is 2. The lowest BCUT2D eigenvalue weighted by atomic mass is 10.0. The summed E-state index contributed by atoms with van der Waals surface area (Å²) in [5.41, 5.74) is 3.50. The lowest BCUT2D eigenvalue weighted by Crippen LogP contribution is -2.38. The maximum Gasteiger partial charge on any atom is 0.251 e. The second kappa shape index (κ2) is 9.59. The van der Waals surface area contributed by atoms with E-state index in [2.05, 4.69) is 10.6 Å². The van der Waals surface area contributed by atoms with E-state index < -0.39 is 6.04 Å². The standard InChI is InChI=1S/C26H22N2O3/c29-24(28-25(23-12-7-17-31-23)21-10-5-2-6-11-21)18-27-26(30)22-15-13-20(14-16-22)19-8-3-1-4-9-19/h1-17,25H,18H2,(H,27,30)(H,28,29). The SMILES string of the molecule is O=C(CNC(=O)c1ccc(-c2ccccc2)cc1)NC(c1ccccc1)c1ccco1. The van der Waals surface area contributed by atoms with Crippen LogP contribution in [0.25, 0.3) is 11.1 Å². The molecule has 0 radical (unpaired) electrons. The van der Waals surface area contributed by atoms with Crippen molar-refractivity contribution >= 4 is 11.8 Å². The summed E-state index contributed by atoms with van der Waals surface area (Å²) in [6.07, 6.45) is 1.57. The summed E-state index contributed by atoms with van der Waals surface area (Å²) in [5.74, 6) is 0.0194. The minimum Gasteiger partial charge on any atom is -0.467 e. The Morgan fingerprint density at radius 3 is 2.03 bits per heavy atom. The van der Waals surface area contributed by atoms with Crippen LogP contribution in [0.5, 0.6) is 0 Å². The first-order chi connectivity index (χ1) is 15.2. The zero-order valence-corrected chi connectivity index (χ0v) is 16.8. The quantitative estimate of drug-likeness (QED) is 0.468. The molecular formula is C26H22N2O3. The molecule has 0 aliphatic heterocycles. The number of rotatable bonds is 7. The van der Waals surface area contributed by atoms with Crippen LogP contribution in [0.15, 0.2) is 108 Å². The van der Waals surface area contributed by atoms with E-state index in [0.717, 1.165) is 16.7 Å². The summed E-state index contributed by atoms with van der Waals surface area (Å²) in [4.78, 5) is 25.0. The number of hydrogen-bond donors (Lipinski definition) is 2. The maximum atomic E-state index is 12.5. The van der Waals surface area contributed by atoms with Gasteiger partial charge in [0.15, 0.2) is 0 Å². The normalized spacial score (nSPS) is 11.5. The van der Waals surface area contributed by atoms with Crippen LogP contribution in [-0.4, -0.2) is 18.4 Å². The van der Waals surface area contributed by atoms with Crippen molar-refractivity contribution in [3.8, 4) is 11.1 Å². The number of benzene rings is 3. The van der Waals surface area contributed by atoms with E-state index in [1.54, 1.807) is 24.5 Å². The third-order valence-corrected chi connectivity index (χ3v) is 4.93. The first-order valence-corrected chi connectivity index (χ1v) is 10.0. The number of hydrogen-bond acceptors (Lipinski definition) is 3. The number of carbonyl (C=O) groups is 2. The predicted octanol–water partition coefficient (Wildman–Crippen LogP) is 4.58. The van der Waals surface area contributed by atoms with Gasteiger partial charge in [0, 0.05) is 5.56 Å². The van der Waals surface area contributed by atoms with Gasteiger partial charge in [-0.25, -0.2) is 0 Å². The van der Waals surface area contributed by atoms with E-state index >= 15 is 0 Å². The van der Waals surface area contributed by atoms with Crippen molar-refractivity contribution in [1.82, 2.24) is 10.6 Å². The van der Waals surface area contributed by atoms with Crippen molar-refractivity contribution in [2.24, 2.45) is 0 Å². The van der Waals surface area contributed by atoms with Crippen LogP contribution >= 0.6 is 0 Å². The lowest BCUT2D eigenvalue weighted by Gasteiger charge is -2.17. The monoisotopic (exact) mass is 410 g/mol. The fourth-order valence-electron chi connectivity index (χ4n) is 3.34. The molecule has 4 rings (SSSR count). The average molecular weight is 410 g/mol. The number of furan rings is 1. The molecule has 5 heteroatoms. The summed E-state index contributed by atoms with van der Waals surface area (Å²) in [6.45, 7) is -0.136. The van der Waals surface area contributed by atoms with Gasteiger partial charge in [0.25, 0.3) is 5.91 Å². The molecule has 0 fully saturated rings. The Morgan fingerprint density at radius 1 is 0.742 bits per heavy atom. The Morgan fingerprint density at radius 2 is 1.39 bits per heavy atom. The van der Waals surface area contributed by atoms with E-state index in [9.17, 15) is 9.59 Å². The van der Waals surface area contributed by atoms with Crippen LogP contribution < -0.4 is 10.6 Å². The van der Waals surface area contributed by atoms with Crippen molar-refractivity contribution in [3.05, 3.63) is 120 Å². The summed E-state index contributed by atoms with van der Waals surface area (Å²) in [7, 11) is 0. The van der Waals surface area contributed by atoms with Crippen LogP contribution in [0.2, 0.25) is 0 Å². The minimum atomic E-state index is -0.425. The smallest absolute Gasteiger partial charge is 0.251 e. The summed E-state index contributed by atoms with van der Waals surface area (Å²) < 4.78 is 5.49. The van der Waals surface area contributed by atoms with Crippen molar-refractivity contribution in [2.75, 3.05) is 6.54 Å². The molecule has 1 heterocycles. The maximum absolute atomic E-state index is 12.5. The Labute approximate surface area is 180 Å². The van der Waals surface area contributed by atoms with E-state index in [0.29, 0.717) is 11.3 Å². The third kappa shape index (κ3) is 5.08. The molecule has 2 amide bonds. The van der Waals surface area contributed by atoms with Gasteiger partial charge in [-0.3, -0.25) is 9.59 Å².